The summed E-state index contributed by atoms with van der Waals surface area (Å²) in [5.41, 5.74) is 1.40. The van der Waals surface area contributed by atoms with Crippen LogP contribution >= 0.6 is 27.5 Å². The molecule has 0 fully saturated rings. The van der Waals surface area contributed by atoms with Crippen LogP contribution in [0.15, 0.2) is 58.1 Å². The van der Waals surface area contributed by atoms with Gasteiger partial charge in [-0.25, -0.2) is 4.98 Å². The summed E-state index contributed by atoms with van der Waals surface area (Å²) in [6.45, 7) is 2.16. The van der Waals surface area contributed by atoms with Gasteiger partial charge in [0.05, 0.1) is 23.3 Å². The van der Waals surface area contributed by atoms with E-state index in [0.717, 1.165) is 10.0 Å². The summed E-state index contributed by atoms with van der Waals surface area (Å²) in [6, 6.07) is 12.6. The SMILES string of the molecule is CC(NC(=O)CCn1cnc2ccc(Br)cc2c1=O)c1cccc(Cl)c1. The van der Waals surface area contributed by atoms with E-state index in [1.807, 2.05) is 31.2 Å². The third-order valence-electron chi connectivity index (χ3n) is 4.09. The van der Waals surface area contributed by atoms with Crippen molar-refractivity contribution in [3.63, 3.8) is 0 Å². The molecule has 1 N–H and O–H groups in total. The lowest BCUT2D eigenvalue weighted by molar-refractivity contribution is -0.121. The number of halogens is 2. The Bertz CT molecular complexity index is 1020. The lowest BCUT2D eigenvalue weighted by atomic mass is 10.1. The average Bonchev–Trinajstić information content (AvgIpc) is 2.61. The zero-order chi connectivity index (χ0) is 18.7. The Morgan fingerprint density at radius 3 is 2.88 bits per heavy atom. The normalized spacial score (nSPS) is 12.1. The molecule has 5 nitrogen and oxygen atoms in total. The number of aromatic nitrogens is 2. The second-order valence-electron chi connectivity index (χ2n) is 6.00. The van der Waals surface area contributed by atoms with Gasteiger partial charge in [0.25, 0.3) is 5.56 Å². The molecule has 3 aromatic rings. The number of benzene rings is 2. The van der Waals surface area contributed by atoms with Gasteiger partial charge < -0.3 is 5.32 Å². The van der Waals surface area contributed by atoms with Crippen LogP contribution in [0.1, 0.15) is 24.9 Å². The predicted molar refractivity (Wildman–Crippen MR) is 106 cm³/mol. The number of hydrogen-bond acceptors (Lipinski definition) is 3. The van der Waals surface area contributed by atoms with Crippen molar-refractivity contribution in [2.45, 2.75) is 25.9 Å². The van der Waals surface area contributed by atoms with E-state index in [1.165, 1.54) is 10.9 Å². The second kappa shape index (κ2) is 8.01. The molecule has 1 heterocycles. The van der Waals surface area contributed by atoms with Gasteiger partial charge in [-0.1, -0.05) is 39.7 Å². The van der Waals surface area contributed by atoms with Crippen molar-refractivity contribution in [3.05, 3.63) is 74.2 Å². The number of rotatable bonds is 5. The molecule has 1 unspecified atom stereocenters. The molecule has 1 atom stereocenters. The van der Waals surface area contributed by atoms with E-state index in [1.54, 1.807) is 18.2 Å². The quantitative estimate of drug-likeness (QED) is 0.658. The summed E-state index contributed by atoms with van der Waals surface area (Å²) in [7, 11) is 0. The van der Waals surface area contributed by atoms with Crippen LogP contribution in [-0.2, 0) is 11.3 Å². The van der Waals surface area contributed by atoms with Gasteiger partial charge >= 0.3 is 0 Å². The Morgan fingerprint density at radius 1 is 1.31 bits per heavy atom. The molecule has 0 aliphatic rings. The highest BCUT2D eigenvalue weighted by Crippen LogP contribution is 2.17. The van der Waals surface area contributed by atoms with E-state index in [-0.39, 0.29) is 30.5 Å². The average molecular weight is 435 g/mol. The van der Waals surface area contributed by atoms with Crippen molar-refractivity contribution < 1.29 is 4.79 Å². The van der Waals surface area contributed by atoms with Crippen LogP contribution in [0.5, 0.6) is 0 Å². The first-order chi connectivity index (χ1) is 12.4. The zero-order valence-corrected chi connectivity index (χ0v) is 16.4. The van der Waals surface area contributed by atoms with E-state index in [0.29, 0.717) is 15.9 Å². The molecular weight excluding hydrogens is 418 g/mol. The molecule has 7 heteroatoms. The smallest absolute Gasteiger partial charge is 0.261 e. The van der Waals surface area contributed by atoms with Crippen molar-refractivity contribution in [2.75, 3.05) is 0 Å². The summed E-state index contributed by atoms with van der Waals surface area (Å²) in [5.74, 6) is -0.140. The summed E-state index contributed by atoms with van der Waals surface area (Å²) in [6.07, 6.45) is 1.66. The van der Waals surface area contributed by atoms with Crippen LogP contribution in [0, 0.1) is 0 Å². The number of amides is 1. The van der Waals surface area contributed by atoms with Gasteiger partial charge in [0.2, 0.25) is 5.91 Å². The number of nitrogens with one attached hydrogen (secondary N) is 1. The van der Waals surface area contributed by atoms with Crippen molar-refractivity contribution in [1.29, 1.82) is 0 Å². The second-order valence-corrected chi connectivity index (χ2v) is 7.35. The number of carbonyl (C=O) groups excluding carboxylic acids is 1. The first-order valence-electron chi connectivity index (χ1n) is 8.13. The van der Waals surface area contributed by atoms with Crippen LogP contribution < -0.4 is 10.9 Å². The molecule has 0 aliphatic heterocycles. The van der Waals surface area contributed by atoms with Crippen molar-refractivity contribution in [2.24, 2.45) is 0 Å². The summed E-state index contributed by atoms with van der Waals surface area (Å²) in [4.78, 5) is 29.0. The highest BCUT2D eigenvalue weighted by Gasteiger charge is 2.11. The summed E-state index contributed by atoms with van der Waals surface area (Å²) in [5, 5.41) is 4.07. The van der Waals surface area contributed by atoms with Crippen LogP contribution in [-0.4, -0.2) is 15.5 Å². The van der Waals surface area contributed by atoms with E-state index < -0.39 is 0 Å². The van der Waals surface area contributed by atoms with Gasteiger partial charge in [0.15, 0.2) is 0 Å². The molecular formula is C19H17BrClN3O2. The molecule has 0 aliphatic carbocycles. The predicted octanol–water partition coefficient (Wildman–Crippen LogP) is 4.08. The minimum atomic E-state index is -0.163. The van der Waals surface area contributed by atoms with Gasteiger partial charge in [-0.15, -0.1) is 0 Å². The zero-order valence-electron chi connectivity index (χ0n) is 14.1. The van der Waals surface area contributed by atoms with Crippen LogP contribution in [0.25, 0.3) is 10.9 Å². The molecule has 0 saturated heterocycles. The minimum Gasteiger partial charge on any atom is -0.350 e. The van der Waals surface area contributed by atoms with Crippen molar-refractivity contribution in [1.82, 2.24) is 14.9 Å². The monoisotopic (exact) mass is 433 g/mol. The topological polar surface area (TPSA) is 64.0 Å². The lowest BCUT2D eigenvalue weighted by Crippen LogP contribution is -2.29. The number of fused-ring (bicyclic) bond motifs is 1. The van der Waals surface area contributed by atoms with E-state index >= 15 is 0 Å². The van der Waals surface area contributed by atoms with E-state index in [2.05, 4.69) is 26.2 Å². The Labute approximate surface area is 164 Å². The largest absolute Gasteiger partial charge is 0.350 e. The minimum absolute atomic E-state index is 0.140. The molecule has 26 heavy (non-hydrogen) atoms. The molecule has 0 bridgehead atoms. The fourth-order valence-corrected chi connectivity index (χ4v) is 3.25. The van der Waals surface area contributed by atoms with Crippen LogP contribution in [0.2, 0.25) is 5.02 Å². The third kappa shape index (κ3) is 4.31. The molecule has 0 radical (unpaired) electrons. The van der Waals surface area contributed by atoms with Crippen LogP contribution in [0.4, 0.5) is 0 Å². The van der Waals surface area contributed by atoms with Gasteiger partial charge in [-0.3, -0.25) is 14.2 Å². The molecule has 0 saturated carbocycles. The van der Waals surface area contributed by atoms with Gasteiger partial charge in [-0.2, -0.15) is 0 Å². The number of hydrogen-bond donors (Lipinski definition) is 1. The number of aryl methyl sites for hydroxylation is 1. The Balaban J connectivity index is 1.67. The first kappa shape index (κ1) is 18.6. The fourth-order valence-electron chi connectivity index (χ4n) is 2.69. The standard InChI is InChI=1S/C19H17BrClN3O2/c1-12(13-3-2-4-15(21)9-13)23-18(25)7-8-24-11-22-17-6-5-14(20)10-16(17)19(24)26/h2-6,9-12H,7-8H2,1H3,(H,23,25). The molecule has 2 aromatic carbocycles. The fraction of sp³-hybridized carbons (Fsp3) is 0.211. The Hall–Kier alpha value is -2.18. The highest BCUT2D eigenvalue weighted by molar-refractivity contribution is 9.10. The summed E-state index contributed by atoms with van der Waals surface area (Å²) >= 11 is 9.34. The summed E-state index contributed by atoms with van der Waals surface area (Å²) < 4.78 is 2.27. The van der Waals surface area contributed by atoms with Crippen LogP contribution in [0.3, 0.4) is 0 Å². The van der Waals surface area contributed by atoms with E-state index in [4.69, 9.17) is 11.6 Å². The van der Waals surface area contributed by atoms with E-state index in [9.17, 15) is 9.59 Å². The molecule has 0 spiro atoms. The van der Waals surface area contributed by atoms with Crippen molar-refractivity contribution in [3.8, 4) is 0 Å². The van der Waals surface area contributed by atoms with Gasteiger partial charge in [0, 0.05) is 22.5 Å². The number of nitrogens with zero attached hydrogens (tertiary/aromatic N) is 2. The third-order valence-corrected chi connectivity index (χ3v) is 4.82. The maximum atomic E-state index is 12.5. The molecule has 1 amide bonds. The first-order valence-corrected chi connectivity index (χ1v) is 9.30. The van der Waals surface area contributed by atoms with Gasteiger partial charge in [-0.05, 0) is 42.8 Å². The molecule has 3 rings (SSSR count). The number of carbonyl (C=O) groups is 1. The highest BCUT2D eigenvalue weighted by atomic mass is 79.9. The maximum Gasteiger partial charge on any atom is 0.261 e. The molecule has 134 valence electrons. The Kier molecular flexibility index (Phi) is 5.74. The Morgan fingerprint density at radius 2 is 2.12 bits per heavy atom. The van der Waals surface area contributed by atoms with Crippen molar-refractivity contribution >= 4 is 44.3 Å². The van der Waals surface area contributed by atoms with Gasteiger partial charge in [0.1, 0.15) is 0 Å². The lowest BCUT2D eigenvalue weighted by Gasteiger charge is -2.15. The molecule has 1 aromatic heterocycles. The maximum absolute atomic E-state index is 12.5.